The zero-order valence-corrected chi connectivity index (χ0v) is 12.2. The molecule has 0 amide bonds. The topological polar surface area (TPSA) is 65.4 Å². The summed E-state index contributed by atoms with van der Waals surface area (Å²) in [7, 11) is 1.64. The van der Waals surface area contributed by atoms with E-state index in [0.717, 1.165) is 22.6 Å². The Balaban J connectivity index is 1.85. The van der Waals surface area contributed by atoms with Crippen molar-refractivity contribution in [3.63, 3.8) is 0 Å². The lowest BCUT2D eigenvalue weighted by atomic mass is 10.2. The molecule has 0 fully saturated rings. The lowest BCUT2D eigenvalue weighted by Crippen LogP contribution is -1.96. The maximum absolute atomic E-state index is 5.91. The largest absolute Gasteiger partial charge is 0.497 e. The first kappa shape index (κ1) is 13.9. The predicted molar refractivity (Wildman–Crippen MR) is 88.1 cm³/mol. The second-order valence-corrected chi connectivity index (χ2v) is 4.71. The van der Waals surface area contributed by atoms with Gasteiger partial charge in [-0.1, -0.05) is 30.3 Å². The smallest absolute Gasteiger partial charge is 0.221 e. The third-order valence-electron chi connectivity index (χ3n) is 3.23. The van der Waals surface area contributed by atoms with Crippen LogP contribution in [0.15, 0.2) is 65.9 Å². The van der Waals surface area contributed by atoms with Crippen LogP contribution >= 0.6 is 0 Å². The Morgan fingerprint density at radius 3 is 2.50 bits per heavy atom. The Morgan fingerprint density at radius 2 is 1.82 bits per heavy atom. The summed E-state index contributed by atoms with van der Waals surface area (Å²) < 4.78 is 6.71. The van der Waals surface area contributed by atoms with Crippen molar-refractivity contribution in [1.82, 2.24) is 9.66 Å². The molecule has 5 heteroatoms. The number of imidazole rings is 1. The van der Waals surface area contributed by atoms with Crippen molar-refractivity contribution < 1.29 is 4.74 Å². The molecular weight excluding hydrogens is 276 g/mol. The molecule has 3 aromatic rings. The first-order chi connectivity index (χ1) is 10.8. The number of nitrogens with zero attached hydrogens (tertiary/aromatic N) is 3. The van der Waals surface area contributed by atoms with Crippen molar-refractivity contribution in [2.24, 2.45) is 5.10 Å². The van der Waals surface area contributed by atoms with Gasteiger partial charge in [-0.3, -0.25) is 0 Å². The van der Waals surface area contributed by atoms with E-state index in [-0.39, 0.29) is 0 Å². The number of aromatic nitrogens is 2. The number of nitrogens with two attached hydrogens (primary N) is 1. The normalized spacial score (nSPS) is 11.0. The Labute approximate surface area is 128 Å². The van der Waals surface area contributed by atoms with E-state index < -0.39 is 0 Å². The van der Waals surface area contributed by atoms with Crippen LogP contribution in [0.2, 0.25) is 0 Å². The van der Waals surface area contributed by atoms with E-state index in [0.29, 0.717) is 5.95 Å². The van der Waals surface area contributed by atoms with Gasteiger partial charge in [0.15, 0.2) is 0 Å². The van der Waals surface area contributed by atoms with Crippen LogP contribution < -0.4 is 10.5 Å². The van der Waals surface area contributed by atoms with Gasteiger partial charge >= 0.3 is 0 Å². The van der Waals surface area contributed by atoms with Crippen molar-refractivity contribution in [1.29, 1.82) is 0 Å². The van der Waals surface area contributed by atoms with Crippen LogP contribution in [-0.4, -0.2) is 23.0 Å². The van der Waals surface area contributed by atoms with Gasteiger partial charge in [0.25, 0.3) is 0 Å². The third kappa shape index (κ3) is 2.98. The van der Waals surface area contributed by atoms with Crippen molar-refractivity contribution in [3.05, 3.63) is 66.4 Å². The monoisotopic (exact) mass is 292 g/mol. The van der Waals surface area contributed by atoms with Crippen LogP contribution in [0.5, 0.6) is 5.75 Å². The summed E-state index contributed by atoms with van der Waals surface area (Å²) in [6.07, 6.45) is 3.55. The van der Waals surface area contributed by atoms with Crippen LogP contribution in [-0.2, 0) is 0 Å². The fourth-order valence-corrected chi connectivity index (χ4v) is 2.05. The van der Waals surface area contributed by atoms with Gasteiger partial charge in [-0.15, -0.1) is 0 Å². The average Bonchev–Trinajstić information content (AvgIpc) is 2.95. The minimum Gasteiger partial charge on any atom is -0.497 e. The zero-order valence-electron chi connectivity index (χ0n) is 12.2. The van der Waals surface area contributed by atoms with Crippen LogP contribution in [0.4, 0.5) is 5.95 Å². The molecule has 0 radical (unpaired) electrons. The van der Waals surface area contributed by atoms with Crippen molar-refractivity contribution >= 4 is 12.2 Å². The summed E-state index contributed by atoms with van der Waals surface area (Å²) in [6, 6.07) is 17.5. The maximum atomic E-state index is 5.91. The minimum atomic E-state index is 0.345. The van der Waals surface area contributed by atoms with Crippen LogP contribution in [0.25, 0.3) is 11.3 Å². The molecule has 2 N–H and O–H groups in total. The Kier molecular flexibility index (Phi) is 3.87. The Hall–Kier alpha value is -3.08. The summed E-state index contributed by atoms with van der Waals surface area (Å²) in [5.74, 6) is 1.15. The lowest BCUT2D eigenvalue weighted by molar-refractivity contribution is 0.415. The fourth-order valence-electron chi connectivity index (χ4n) is 2.05. The average molecular weight is 292 g/mol. The molecule has 0 bridgehead atoms. The van der Waals surface area contributed by atoms with Gasteiger partial charge in [-0.2, -0.15) is 5.10 Å². The summed E-state index contributed by atoms with van der Waals surface area (Å²) in [6.45, 7) is 0. The second kappa shape index (κ2) is 6.13. The zero-order chi connectivity index (χ0) is 15.4. The number of ether oxygens (including phenoxy) is 1. The predicted octanol–water partition coefficient (Wildman–Crippen LogP) is 3.02. The van der Waals surface area contributed by atoms with E-state index in [2.05, 4.69) is 10.1 Å². The van der Waals surface area contributed by atoms with Crippen molar-refractivity contribution in [2.45, 2.75) is 0 Å². The van der Waals surface area contributed by atoms with Crippen LogP contribution in [0.1, 0.15) is 5.56 Å². The number of methoxy groups -OCH3 is 1. The summed E-state index contributed by atoms with van der Waals surface area (Å²) in [5, 5.41) is 4.34. The first-order valence-electron chi connectivity index (χ1n) is 6.85. The SMILES string of the molecule is COc1ccc(-c2cn(/N=C/c3ccccc3)c(N)n2)cc1. The standard InChI is InChI=1S/C17H16N4O/c1-22-15-9-7-14(8-10-15)16-12-21(17(18)20-16)19-11-13-5-3-2-4-6-13/h2-12H,1H3,(H2,18,20)/b19-11+. The summed E-state index contributed by atoms with van der Waals surface area (Å²) >= 11 is 0. The number of hydrogen-bond acceptors (Lipinski definition) is 4. The fraction of sp³-hybridized carbons (Fsp3) is 0.0588. The molecule has 0 aliphatic heterocycles. The van der Waals surface area contributed by atoms with Crippen LogP contribution in [0.3, 0.4) is 0 Å². The van der Waals surface area contributed by atoms with E-state index >= 15 is 0 Å². The van der Waals surface area contributed by atoms with Gasteiger partial charge < -0.3 is 10.5 Å². The molecule has 0 atom stereocenters. The first-order valence-corrected chi connectivity index (χ1v) is 6.85. The highest BCUT2D eigenvalue weighted by molar-refractivity contribution is 5.79. The van der Waals surface area contributed by atoms with E-state index in [1.165, 1.54) is 0 Å². The van der Waals surface area contributed by atoms with Gasteiger partial charge in [0, 0.05) is 5.56 Å². The molecule has 0 saturated heterocycles. The Morgan fingerprint density at radius 1 is 1.09 bits per heavy atom. The maximum Gasteiger partial charge on any atom is 0.221 e. The number of benzene rings is 2. The van der Waals surface area contributed by atoms with E-state index in [1.807, 2.05) is 54.6 Å². The van der Waals surface area contributed by atoms with Gasteiger partial charge in [-0.05, 0) is 29.8 Å². The molecule has 1 aromatic heterocycles. The molecule has 3 rings (SSSR count). The summed E-state index contributed by atoms with van der Waals surface area (Å²) in [5.41, 5.74) is 8.64. The molecular formula is C17H16N4O. The molecule has 1 heterocycles. The highest BCUT2D eigenvalue weighted by atomic mass is 16.5. The van der Waals surface area contributed by atoms with Gasteiger partial charge in [0.2, 0.25) is 5.95 Å². The molecule has 0 unspecified atom stereocenters. The molecule has 5 nitrogen and oxygen atoms in total. The van der Waals surface area contributed by atoms with E-state index in [4.69, 9.17) is 10.5 Å². The number of rotatable bonds is 4. The van der Waals surface area contributed by atoms with Gasteiger partial charge in [0.1, 0.15) is 5.75 Å². The highest BCUT2D eigenvalue weighted by Crippen LogP contribution is 2.22. The molecule has 0 spiro atoms. The third-order valence-corrected chi connectivity index (χ3v) is 3.23. The quantitative estimate of drug-likeness (QED) is 0.752. The molecule has 0 aliphatic rings. The highest BCUT2D eigenvalue weighted by Gasteiger charge is 2.06. The van der Waals surface area contributed by atoms with Crippen LogP contribution in [0, 0.1) is 0 Å². The molecule has 2 aromatic carbocycles. The lowest BCUT2D eigenvalue weighted by Gasteiger charge is -2.00. The molecule has 22 heavy (non-hydrogen) atoms. The molecule has 0 saturated carbocycles. The Bertz CT molecular complexity index is 776. The summed E-state index contributed by atoms with van der Waals surface area (Å²) in [4.78, 5) is 4.33. The van der Waals surface area contributed by atoms with Gasteiger partial charge in [0.05, 0.1) is 25.2 Å². The number of nitrogen functional groups attached to an aromatic ring is 1. The molecule has 0 aliphatic carbocycles. The van der Waals surface area contributed by atoms with Gasteiger partial charge in [-0.25, -0.2) is 9.66 Å². The number of hydrogen-bond donors (Lipinski definition) is 1. The molecule has 110 valence electrons. The van der Waals surface area contributed by atoms with E-state index in [1.54, 1.807) is 24.2 Å². The number of anilines is 1. The minimum absolute atomic E-state index is 0.345. The second-order valence-electron chi connectivity index (χ2n) is 4.71. The van der Waals surface area contributed by atoms with E-state index in [9.17, 15) is 0 Å². The van der Waals surface area contributed by atoms with Crippen molar-refractivity contribution in [2.75, 3.05) is 12.8 Å². The van der Waals surface area contributed by atoms with Crippen molar-refractivity contribution in [3.8, 4) is 17.0 Å².